The summed E-state index contributed by atoms with van der Waals surface area (Å²) in [6, 6.07) is 0. The first-order chi connectivity index (χ1) is 10.4. The zero-order valence-electron chi connectivity index (χ0n) is 15.0. The summed E-state index contributed by atoms with van der Waals surface area (Å²) in [6.07, 6.45) is 5.37. The normalized spacial score (nSPS) is 13.7. The Morgan fingerprint density at radius 1 is 0.955 bits per heavy atom. The number of hydrogen-bond donors (Lipinski definition) is 0. The van der Waals surface area contributed by atoms with Crippen molar-refractivity contribution in [3.8, 4) is 0 Å². The molecule has 0 saturated heterocycles. The third-order valence-corrected chi connectivity index (χ3v) is 3.99. The van der Waals surface area contributed by atoms with E-state index in [4.69, 9.17) is 9.47 Å². The van der Waals surface area contributed by atoms with Crippen LogP contribution in [0.1, 0.15) is 79.6 Å². The van der Waals surface area contributed by atoms with E-state index in [1.807, 2.05) is 20.8 Å². The van der Waals surface area contributed by atoms with Gasteiger partial charge in [-0.1, -0.05) is 53.9 Å². The van der Waals surface area contributed by atoms with Gasteiger partial charge in [0.25, 0.3) is 0 Å². The molecule has 0 rings (SSSR count). The van der Waals surface area contributed by atoms with Crippen molar-refractivity contribution >= 4 is 11.9 Å². The second-order valence-corrected chi connectivity index (χ2v) is 6.28. The highest BCUT2D eigenvalue weighted by atomic mass is 16.5. The molecule has 0 aromatic heterocycles. The minimum Gasteiger partial charge on any atom is -0.465 e. The first-order valence-corrected chi connectivity index (χ1v) is 8.79. The van der Waals surface area contributed by atoms with E-state index in [1.54, 1.807) is 0 Å². The molecule has 0 spiro atoms. The molecule has 2 atom stereocenters. The zero-order valence-corrected chi connectivity index (χ0v) is 15.0. The number of ether oxygens (including phenoxy) is 2. The van der Waals surface area contributed by atoms with Gasteiger partial charge in [0.1, 0.15) is 6.10 Å². The van der Waals surface area contributed by atoms with Crippen LogP contribution in [-0.2, 0) is 19.1 Å². The largest absolute Gasteiger partial charge is 0.465 e. The maximum absolute atomic E-state index is 11.7. The van der Waals surface area contributed by atoms with Gasteiger partial charge in [-0.3, -0.25) is 9.59 Å². The van der Waals surface area contributed by atoms with Gasteiger partial charge in [0.15, 0.2) is 0 Å². The lowest BCUT2D eigenvalue weighted by Crippen LogP contribution is -2.23. The highest BCUT2D eigenvalue weighted by Crippen LogP contribution is 2.14. The average Bonchev–Trinajstić information content (AvgIpc) is 2.50. The molecular formula is C18H34O4. The Hall–Kier alpha value is -1.06. The Labute approximate surface area is 135 Å². The first-order valence-electron chi connectivity index (χ1n) is 8.79. The molecule has 0 amide bonds. The van der Waals surface area contributed by atoms with E-state index in [9.17, 15) is 9.59 Å². The van der Waals surface area contributed by atoms with Gasteiger partial charge in [-0.2, -0.15) is 0 Å². The van der Waals surface area contributed by atoms with Crippen LogP contribution in [0.5, 0.6) is 0 Å². The number of carbonyl (C=O) groups excluding carboxylic acids is 2. The molecule has 0 aliphatic heterocycles. The van der Waals surface area contributed by atoms with Crippen molar-refractivity contribution in [1.29, 1.82) is 0 Å². The SMILES string of the molecule is CCCCC(CC)COC(=O)CCC(=O)OC(CC)C(C)C. The van der Waals surface area contributed by atoms with Crippen LogP contribution in [0.2, 0.25) is 0 Å². The van der Waals surface area contributed by atoms with E-state index in [0.29, 0.717) is 18.4 Å². The summed E-state index contributed by atoms with van der Waals surface area (Å²) in [5.74, 6) is 0.117. The van der Waals surface area contributed by atoms with E-state index < -0.39 is 0 Å². The van der Waals surface area contributed by atoms with Crippen LogP contribution in [0.25, 0.3) is 0 Å². The van der Waals surface area contributed by atoms with Crippen LogP contribution in [0.15, 0.2) is 0 Å². The van der Waals surface area contributed by atoms with Crippen molar-refractivity contribution in [2.75, 3.05) is 6.61 Å². The minimum absolute atomic E-state index is 0.0676. The quantitative estimate of drug-likeness (QED) is 0.498. The number of rotatable bonds is 12. The maximum Gasteiger partial charge on any atom is 0.306 e. The van der Waals surface area contributed by atoms with Gasteiger partial charge >= 0.3 is 11.9 Å². The molecule has 0 N–H and O–H groups in total. The molecular weight excluding hydrogens is 280 g/mol. The summed E-state index contributed by atoms with van der Waals surface area (Å²) in [5, 5.41) is 0. The third kappa shape index (κ3) is 9.80. The van der Waals surface area contributed by atoms with Gasteiger partial charge < -0.3 is 9.47 Å². The van der Waals surface area contributed by atoms with Crippen LogP contribution in [-0.4, -0.2) is 24.6 Å². The molecule has 2 unspecified atom stereocenters. The molecule has 0 fully saturated rings. The molecule has 130 valence electrons. The van der Waals surface area contributed by atoms with Crippen molar-refractivity contribution < 1.29 is 19.1 Å². The fraction of sp³-hybridized carbons (Fsp3) is 0.889. The summed E-state index contributed by atoms with van der Waals surface area (Å²) in [7, 11) is 0. The summed E-state index contributed by atoms with van der Waals surface area (Å²) < 4.78 is 10.6. The molecule has 0 bridgehead atoms. The summed E-state index contributed by atoms with van der Waals surface area (Å²) in [5.41, 5.74) is 0. The highest BCUT2D eigenvalue weighted by molar-refractivity contribution is 5.77. The number of esters is 2. The van der Waals surface area contributed by atoms with Crippen molar-refractivity contribution in [2.45, 2.75) is 85.7 Å². The van der Waals surface area contributed by atoms with E-state index in [2.05, 4.69) is 13.8 Å². The zero-order chi connectivity index (χ0) is 17.0. The molecule has 4 nitrogen and oxygen atoms in total. The standard InChI is InChI=1S/C18H34O4/c1-6-9-10-15(7-2)13-21-17(19)11-12-18(20)22-16(8-3)14(4)5/h14-16H,6-13H2,1-5H3. The van der Waals surface area contributed by atoms with E-state index in [1.165, 1.54) is 0 Å². The monoisotopic (exact) mass is 314 g/mol. The molecule has 0 aliphatic carbocycles. The molecule has 22 heavy (non-hydrogen) atoms. The van der Waals surface area contributed by atoms with Crippen molar-refractivity contribution in [1.82, 2.24) is 0 Å². The average molecular weight is 314 g/mol. The molecule has 0 heterocycles. The van der Waals surface area contributed by atoms with Gasteiger partial charge in [0, 0.05) is 0 Å². The molecule has 0 aliphatic rings. The minimum atomic E-state index is -0.310. The van der Waals surface area contributed by atoms with Crippen LogP contribution >= 0.6 is 0 Å². The van der Waals surface area contributed by atoms with Crippen molar-refractivity contribution in [3.05, 3.63) is 0 Å². The smallest absolute Gasteiger partial charge is 0.306 e. The van der Waals surface area contributed by atoms with Gasteiger partial charge in [0.2, 0.25) is 0 Å². The van der Waals surface area contributed by atoms with E-state index in [0.717, 1.165) is 32.1 Å². The topological polar surface area (TPSA) is 52.6 Å². The van der Waals surface area contributed by atoms with Crippen LogP contribution in [0, 0.1) is 11.8 Å². The second kappa shape index (κ2) is 12.5. The lowest BCUT2D eigenvalue weighted by Gasteiger charge is -2.19. The maximum atomic E-state index is 11.7. The highest BCUT2D eigenvalue weighted by Gasteiger charge is 2.17. The Balaban J connectivity index is 3.95. The van der Waals surface area contributed by atoms with Crippen LogP contribution < -0.4 is 0 Å². The molecule has 4 heteroatoms. The molecule has 0 aromatic carbocycles. The number of unbranched alkanes of at least 4 members (excludes halogenated alkanes) is 1. The Morgan fingerprint density at radius 3 is 2.09 bits per heavy atom. The number of hydrogen-bond acceptors (Lipinski definition) is 4. The van der Waals surface area contributed by atoms with Gasteiger partial charge in [-0.05, 0) is 24.7 Å². The van der Waals surface area contributed by atoms with Crippen LogP contribution in [0.4, 0.5) is 0 Å². The Bertz CT molecular complexity index is 312. The fourth-order valence-electron chi connectivity index (χ4n) is 2.30. The lowest BCUT2D eigenvalue weighted by atomic mass is 10.0. The predicted molar refractivity (Wildman–Crippen MR) is 88.5 cm³/mol. The summed E-state index contributed by atoms with van der Waals surface area (Å²) in [4.78, 5) is 23.4. The van der Waals surface area contributed by atoms with Gasteiger partial charge in [0.05, 0.1) is 19.4 Å². The van der Waals surface area contributed by atoms with Gasteiger partial charge in [-0.15, -0.1) is 0 Å². The molecule has 0 radical (unpaired) electrons. The number of carbonyl (C=O) groups is 2. The Kier molecular flexibility index (Phi) is 11.9. The fourth-order valence-corrected chi connectivity index (χ4v) is 2.30. The Morgan fingerprint density at radius 2 is 1.59 bits per heavy atom. The van der Waals surface area contributed by atoms with Crippen LogP contribution in [0.3, 0.4) is 0 Å². The lowest BCUT2D eigenvalue weighted by molar-refractivity contribution is -0.155. The van der Waals surface area contributed by atoms with E-state index in [-0.39, 0.29) is 30.9 Å². The summed E-state index contributed by atoms with van der Waals surface area (Å²) in [6.45, 7) is 10.8. The molecule has 0 saturated carbocycles. The predicted octanol–water partition coefficient (Wildman–Crippen LogP) is 4.50. The van der Waals surface area contributed by atoms with E-state index >= 15 is 0 Å². The first kappa shape index (κ1) is 20.9. The van der Waals surface area contributed by atoms with Gasteiger partial charge in [-0.25, -0.2) is 0 Å². The second-order valence-electron chi connectivity index (χ2n) is 6.28. The van der Waals surface area contributed by atoms with Crippen molar-refractivity contribution in [2.24, 2.45) is 11.8 Å². The van der Waals surface area contributed by atoms with Crippen molar-refractivity contribution in [3.63, 3.8) is 0 Å². The third-order valence-electron chi connectivity index (χ3n) is 3.99. The molecule has 0 aromatic rings. The summed E-state index contributed by atoms with van der Waals surface area (Å²) >= 11 is 0.